The van der Waals surface area contributed by atoms with Gasteiger partial charge in [0.05, 0.1) is 32.3 Å². The molecule has 0 fully saturated rings. The van der Waals surface area contributed by atoms with Crippen molar-refractivity contribution in [1.82, 2.24) is 9.97 Å². The second kappa shape index (κ2) is 6.84. The normalized spacial score (nSPS) is 11.2. The molecule has 0 aliphatic rings. The van der Waals surface area contributed by atoms with Crippen molar-refractivity contribution < 1.29 is 20.1 Å². The molecule has 32 heavy (non-hydrogen) atoms. The third-order valence-corrected chi connectivity index (χ3v) is 5.39. The molecule has 0 unspecified atom stereocenters. The number of fused-ring (bicyclic) bond motifs is 2. The highest BCUT2D eigenvalue weighted by molar-refractivity contribution is 5.96. The fourth-order valence-corrected chi connectivity index (χ4v) is 3.79. The summed E-state index contributed by atoms with van der Waals surface area (Å²) in [4.78, 5) is 27.0. The van der Waals surface area contributed by atoms with Crippen LogP contribution in [-0.4, -0.2) is 30.0 Å². The van der Waals surface area contributed by atoms with Crippen LogP contribution in [0.2, 0.25) is 0 Å². The van der Waals surface area contributed by atoms with Crippen LogP contribution in [0.25, 0.3) is 44.3 Å². The van der Waals surface area contributed by atoms with Crippen molar-refractivity contribution in [2.45, 2.75) is 0 Å². The molecule has 158 valence electrons. The summed E-state index contributed by atoms with van der Waals surface area (Å²) >= 11 is 0. The maximum atomic E-state index is 11.0. The van der Waals surface area contributed by atoms with E-state index in [2.05, 4.69) is 9.97 Å². The average molecular weight is 430 g/mol. The Labute approximate surface area is 178 Å². The minimum absolute atomic E-state index is 0.0246. The van der Waals surface area contributed by atoms with Crippen LogP contribution >= 0.6 is 0 Å². The van der Waals surface area contributed by atoms with E-state index in [4.69, 9.17) is 0 Å². The number of aromatic amines is 2. The summed E-state index contributed by atoms with van der Waals surface area (Å²) in [6.07, 6.45) is 0. The highest BCUT2D eigenvalue weighted by Crippen LogP contribution is 2.40. The van der Waals surface area contributed by atoms with Gasteiger partial charge in [-0.2, -0.15) is 0 Å². The van der Waals surface area contributed by atoms with Gasteiger partial charge in [0, 0.05) is 46.2 Å². The molecule has 0 bridgehead atoms. The first-order valence-corrected chi connectivity index (χ1v) is 9.42. The smallest absolute Gasteiger partial charge is 0.271 e. The molecule has 5 rings (SSSR count). The number of non-ortho nitro benzene ring substituents is 2. The fourth-order valence-electron chi connectivity index (χ4n) is 3.79. The third kappa shape index (κ3) is 2.89. The molecule has 0 amide bonds. The summed E-state index contributed by atoms with van der Waals surface area (Å²) in [5, 5.41) is 44.0. The minimum atomic E-state index is -0.507. The van der Waals surface area contributed by atoms with Gasteiger partial charge < -0.3 is 20.2 Å². The second-order valence-electron chi connectivity index (χ2n) is 7.25. The first kappa shape index (κ1) is 19.1. The maximum Gasteiger partial charge on any atom is 0.271 e. The van der Waals surface area contributed by atoms with Gasteiger partial charge in [-0.3, -0.25) is 20.2 Å². The lowest BCUT2D eigenvalue weighted by Crippen LogP contribution is -1.86. The van der Waals surface area contributed by atoms with Crippen LogP contribution in [0.3, 0.4) is 0 Å². The molecule has 2 aromatic heterocycles. The number of nitrogens with zero attached hydrogens (tertiary/aromatic N) is 2. The van der Waals surface area contributed by atoms with Gasteiger partial charge in [-0.15, -0.1) is 0 Å². The number of aromatic nitrogens is 2. The van der Waals surface area contributed by atoms with Gasteiger partial charge >= 0.3 is 0 Å². The quantitative estimate of drug-likeness (QED) is 0.226. The van der Waals surface area contributed by atoms with Crippen LogP contribution in [-0.2, 0) is 0 Å². The summed E-state index contributed by atoms with van der Waals surface area (Å²) < 4.78 is 0. The molecule has 10 heteroatoms. The van der Waals surface area contributed by atoms with Crippen LogP contribution in [0.1, 0.15) is 0 Å². The van der Waals surface area contributed by atoms with E-state index in [0.717, 1.165) is 0 Å². The molecule has 2 heterocycles. The number of hydrogen-bond acceptors (Lipinski definition) is 6. The molecule has 10 nitrogen and oxygen atoms in total. The molecule has 0 atom stereocenters. The van der Waals surface area contributed by atoms with Crippen LogP contribution in [0.5, 0.6) is 11.5 Å². The Balaban J connectivity index is 1.55. The van der Waals surface area contributed by atoms with E-state index in [1.807, 2.05) is 0 Å². The highest BCUT2D eigenvalue weighted by atomic mass is 16.6. The number of aromatic hydroxyl groups is 2. The number of hydrogen-bond donors (Lipinski definition) is 4. The summed E-state index contributed by atoms with van der Waals surface area (Å²) in [6, 6.07) is 15.2. The number of benzene rings is 3. The van der Waals surface area contributed by atoms with E-state index in [1.54, 1.807) is 24.3 Å². The Bertz CT molecular complexity index is 1430. The molecule has 0 aliphatic carbocycles. The first-order valence-electron chi connectivity index (χ1n) is 9.42. The Morgan fingerprint density at radius 1 is 0.625 bits per heavy atom. The monoisotopic (exact) mass is 430 g/mol. The molecular weight excluding hydrogens is 416 g/mol. The zero-order valence-corrected chi connectivity index (χ0v) is 16.2. The summed E-state index contributed by atoms with van der Waals surface area (Å²) in [5.41, 5.74) is 2.78. The van der Waals surface area contributed by atoms with Crippen LogP contribution in [0.15, 0.2) is 60.7 Å². The molecular formula is C22H14N4O6. The van der Waals surface area contributed by atoms with Gasteiger partial charge in [-0.1, -0.05) is 24.3 Å². The van der Waals surface area contributed by atoms with Gasteiger partial charge in [-0.25, -0.2) is 0 Å². The van der Waals surface area contributed by atoms with E-state index in [-0.39, 0.29) is 22.9 Å². The van der Waals surface area contributed by atoms with Gasteiger partial charge in [0.1, 0.15) is 11.5 Å². The Morgan fingerprint density at radius 2 is 1.00 bits per heavy atom. The molecule has 0 saturated carbocycles. The molecule has 0 radical (unpaired) electrons. The van der Waals surface area contributed by atoms with Crippen molar-refractivity contribution in [2.75, 3.05) is 0 Å². The predicted octanol–water partition coefficient (Wildman–Crippen LogP) is 5.21. The number of H-pyrrole nitrogens is 2. The van der Waals surface area contributed by atoms with Gasteiger partial charge in [0.15, 0.2) is 0 Å². The van der Waals surface area contributed by atoms with Crippen molar-refractivity contribution in [3.63, 3.8) is 0 Å². The number of nitro groups is 2. The Hall–Kier alpha value is -4.86. The Kier molecular flexibility index (Phi) is 4.09. The standard InChI is InChI=1S/C22H14N4O6/c27-21-15-7-5-13(25(29)30)9-17(15)23-19(21)11-1-2-12(4-3-11)20-22(28)16-8-6-14(26(31)32)10-18(16)24-20/h1-10,23-24,27-28H. The number of nitro benzene ring substituents is 2. The zero-order chi connectivity index (χ0) is 22.6. The third-order valence-electron chi connectivity index (χ3n) is 5.39. The lowest BCUT2D eigenvalue weighted by molar-refractivity contribution is -0.384. The van der Waals surface area contributed by atoms with Crippen LogP contribution < -0.4 is 0 Å². The lowest BCUT2D eigenvalue weighted by Gasteiger charge is -2.03. The topological polar surface area (TPSA) is 158 Å². The molecule has 5 aromatic rings. The number of nitrogens with one attached hydrogen (secondary N) is 2. The van der Waals surface area contributed by atoms with E-state index in [1.165, 1.54) is 36.4 Å². The minimum Gasteiger partial charge on any atom is -0.505 e. The van der Waals surface area contributed by atoms with E-state index in [9.17, 15) is 30.4 Å². The van der Waals surface area contributed by atoms with Crippen molar-refractivity contribution >= 4 is 33.2 Å². The predicted molar refractivity (Wildman–Crippen MR) is 118 cm³/mol. The van der Waals surface area contributed by atoms with Crippen LogP contribution in [0, 0.1) is 20.2 Å². The second-order valence-corrected chi connectivity index (χ2v) is 7.25. The zero-order valence-electron chi connectivity index (χ0n) is 16.2. The van der Waals surface area contributed by atoms with Gasteiger partial charge in [0.25, 0.3) is 11.4 Å². The van der Waals surface area contributed by atoms with Crippen LogP contribution in [0.4, 0.5) is 11.4 Å². The van der Waals surface area contributed by atoms with Crippen molar-refractivity contribution in [3.05, 3.63) is 80.9 Å². The summed E-state index contributed by atoms with van der Waals surface area (Å²) in [6.45, 7) is 0. The van der Waals surface area contributed by atoms with E-state index >= 15 is 0 Å². The lowest BCUT2D eigenvalue weighted by atomic mass is 10.1. The molecule has 3 aromatic carbocycles. The average Bonchev–Trinajstić information content (AvgIpc) is 3.30. The van der Waals surface area contributed by atoms with Gasteiger partial charge in [-0.05, 0) is 12.1 Å². The fraction of sp³-hybridized carbons (Fsp3) is 0. The Morgan fingerprint density at radius 3 is 1.34 bits per heavy atom. The number of rotatable bonds is 4. The maximum absolute atomic E-state index is 11.0. The van der Waals surface area contributed by atoms with Crippen molar-refractivity contribution in [1.29, 1.82) is 0 Å². The van der Waals surface area contributed by atoms with E-state index in [0.29, 0.717) is 44.3 Å². The van der Waals surface area contributed by atoms with E-state index < -0.39 is 9.85 Å². The first-order chi connectivity index (χ1) is 15.3. The van der Waals surface area contributed by atoms with Crippen molar-refractivity contribution in [3.8, 4) is 34.0 Å². The molecule has 4 N–H and O–H groups in total. The molecule has 0 spiro atoms. The largest absolute Gasteiger partial charge is 0.505 e. The summed E-state index contributed by atoms with van der Waals surface area (Å²) in [5.74, 6) is -0.0492. The molecule has 0 saturated heterocycles. The molecule has 0 aliphatic heterocycles. The summed E-state index contributed by atoms with van der Waals surface area (Å²) in [7, 11) is 0. The SMILES string of the molecule is O=[N+]([O-])c1ccc2c(O)c(-c3ccc(-c4[nH]c5cc([N+](=O)[O-])ccc5c4O)cc3)[nH]c2c1. The highest BCUT2D eigenvalue weighted by Gasteiger charge is 2.18. The van der Waals surface area contributed by atoms with Gasteiger partial charge in [0.2, 0.25) is 0 Å². The van der Waals surface area contributed by atoms with Crippen molar-refractivity contribution in [2.24, 2.45) is 0 Å².